The van der Waals surface area contributed by atoms with E-state index < -0.39 is 29.3 Å². The van der Waals surface area contributed by atoms with E-state index in [1.807, 2.05) is 4.90 Å². The Morgan fingerprint density at radius 3 is 2.26 bits per heavy atom. The van der Waals surface area contributed by atoms with Crippen LogP contribution >= 0.6 is 0 Å². The van der Waals surface area contributed by atoms with Gasteiger partial charge in [-0.25, -0.2) is 13.2 Å². The molecule has 160 valence electrons. The van der Waals surface area contributed by atoms with Gasteiger partial charge in [0.1, 0.15) is 5.82 Å². The monoisotopic (exact) mass is 435 g/mol. The third-order valence-electron chi connectivity index (χ3n) is 5.03. The van der Waals surface area contributed by atoms with Gasteiger partial charge in [-0.15, -0.1) is 10.2 Å². The summed E-state index contributed by atoms with van der Waals surface area (Å²) in [6.07, 6.45) is -2.86. The number of fused-ring (bicyclic) bond motifs is 1. The van der Waals surface area contributed by atoms with E-state index in [-0.39, 0.29) is 23.4 Å². The van der Waals surface area contributed by atoms with Crippen molar-refractivity contribution < 1.29 is 26.3 Å². The van der Waals surface area contributed by atoms with Gasteiger partial charge in [0.15, 0.2) is 17.3 Å². The van der Waals surface area contributed by atoms with E-state index in [4.69, 9.17) is 0 Å². The molecule has 2 aromatic carbocycles. The molecule has 0 aliphatic carbocycles. The molecule has 3 nitrogen and oxygen atoms in total. The highest BCUT2D eigenvalue weighted by Crippen LogP contribution is 2.35. The predicted molar refractivity (Wildman–Crippen MR) is 102 cm³/mol. The van der Waals surface area contributed by atoms with Crippen molar-refractivity contribution in [3.8, 4) is 11.3 Å². The zero-order chi connectivity index (χ0) is 22.3. The number of likely N-dealkylation sites (N-methyl/N-ethyl adjacent to an activating group) is 1. The van der Waals surface area contributed by atoms with Crippen molar-refractivity contribution in [3.05, 3.63) is 88.4 Å². The number of rotatable bonds is 2. The number of aromatic nitrogens is 2. The van der Waals surface area contributed by atoms with E-state index in [0.717, 1.165) is 24.3 Å². The minimum absolute atomic E-state index is 0.0000823. The van der Waals surface area contributed by atoms with E-state index in [2.05, 4.69) is 10.2 Å². The van der Waals surface area contributed by atoms with Gasteiger partial charge in [-0.05, 0) is 54.1 Å². The minimum atomic E-state index is -4.65. The zero-order valence-electron chi connectivity index (χ0n) is 16.1. The summed E-state index contributed by atoms with van der Waals surface area (Å²) < 4.78 is 80.8. The molecule has 0 atom stereocenters. The lowest BCUT2D eigenvalue weighted by molar-refractivity contribution is -0.141. The molecule has 1 aliphatic rings. The Balaban J connectivity index is 1.81. The lowest BCUT2D eigenvalue weighted by Crippen LogP contribution is -2.17. The predicted octanol–water partition coefficient (Wildman–Crippen LogP) is 5.46. The van der Waals surface area contributed by atoms with Gasteiger partial charge in [-0.1, -0.05) is 18.2 Å². The molecule has 0 saturated carbocycles. The fourth-order valence-corrected chi connectivity index (χ4v) is 3.48. The highest BCUT2D eigenvalue weighted by molar-refractivity contribution is 5.83. The minimum Gasteiger partial charge on any atom is -0.298 e. The molecule has 3 aromatic rings. The maximum atomic E-state index is 15.5. The Morgan fingerprint density at radius 2 is 1.61 bits per heavy atom. The molecule has 9 heteroatoms. The molecule has 4 rings (SSSR count). The first kappa shape index (κ1) is 21.0. The summed E-state index contributed by atoms with van der Waals surface area (Å²) in [5.74, 6) is -2.67. The van der Waals surface area contributed by atoms with Crippen LogP contribution in [-0.2, 0) is 12.7 Å². The van der Waals surface area contributed by atoms with Crippen molar-refractivity contribution in [1.82, 2.24) is 15.1 Å². The molecular formula is C22H15F6N3. The smallest absolute Gasteiger partial charge is 0.298 e. The van der Waals surface area contributed by atoms with Gasteiger partial charge in [-0.2, -0.15) is 13.2 Å². The van der Waals surface area contributed by atoms with Crippen LogP contribution in [0, 0.1) is 17.5 Å². The molecule has 0 amide bonds. The second-order valence-corrected chi connectivity index (χ2v) is 7.20. The van der Waals surface area contributed by atoms with Crippen LogP contribution in [0.3, 0.4) is 0 Å². The van der Waals surface area contributed by atoms with Gasteiger partial charge in [0, 0.05) is 24.2 Å². The molecule has 0 bridgehead atoms. The van der Waals surface area contributed by atoms with Gasteiger partial charge < -0.3 is 0 Å². The second-order valence-electron chi connectivity index (χ2n) is 7.20. The fraction of sp³-hybridized carbons (Fsp3) is 0.182. The Morgan fingerprint density at radius 1 is 0.871 bits per heavy atom. The average molecular weight is 435 g/mol. The number of hydrogen-bond acceptors (Lipinski definition) is 3. The quantitative estimate of drug-likeness (QED) is 0.501. The maximum absolute atomic E-state index is 15.5. The van der Waals surface area contributed by atoms with Crippen LogP contribution in [0.2, 0.25) is 0 Å². The van der Waals surface area contributed by atoms with Crippen LogP contribution in [0.25, 0.3) is 16.8 Å². The SMILES string of the molecule is CN1CC=C(c2ccc(F)c(F)c2)c2ccc(-c3ccc(C(F)(F)F)nn3)c(F)c2C1. The van der Waals surface area contributed by atoms with Gasteiger partial charge in [0.25, 0.3) is 0 Å². The fourth-order valence-electron chi connectivity index (χ4n) is 3.48. The van der Waals surface area contributed by atoms with E-state index in [0.29, 0.717) is 23.2 Å². The number of alkyl halides is 3. The summed E-state index contributed by atoms with van der Waals surface area (Å²) in [7, 11) is 1.76. The molecule has 0 spiro atoms. The Kier molecular flexibility index (Phi) is 5.30. The summed E-state index contributed by atoms with van der Waals surface area (Å²) in [4.78, 5) is 1.82. The summed E-state index contributed by atoms with van der Waals surface area (Å²) in [6, 6.07) is 8.25. The summed E-state index contributed by atoms with van der Waals surface area (Å²) in [6.45, 7) is 0.630. The first-order chi connectivity index (χ1) is 14.6. The van der Waals surface area contributed by atoms with Crippen LogP contribution in [0.4, 0.5) is 26.3 Å². The average Bonchev–Trinajstić information content (AvgIpc) is 2.89. The van der Waals surface area contributed by atoms with Crippen molar-refractivity contribution in [2.24, 2.45) is 0 Å². The molecular weight excluding hydrogens is 420 g/mol. The van der Waals surface area contributed by atoms with Gasteiger partial charge in [0.2, 0.25) is 0 Å². The Hall–Kier alpha value is -3.20. The van der Waals surface area contributed by atoms with Crippen molar-refractivity contribution in [2.75, 3.05) is 13.6 Å². The van der Waals surface area contributed by atoms with Gasteiger partial charge >= 0.3 is 6.18 Å². The van der Waals surface area contributed by atoms with E-state index in [9.17, 15) is 22.0 Å². The van der Waals surface area contributed by atoms with E-state index >= 15 is 4.39 Å². The standard InChI is InChI=1S/C22H15F6N3/c1-31-9-8-13(12-2-5-17(23)18(24)10-12)14-3-4-15(21(25)16(14)11-31)19-6-7-20(30-29-19)22(26,27)28/h2-8,10H,9,11H2,1H3. The maximum Gasteiger partial charge on any atom is 0.435 e. The zero-order valence-corrected chi connectivity index (χ0v) is 16.1. The third-order valence-corrected chi connectivity index (χ3v) is 5.03. The van der Waals surface area contributed by atoms with E-state index in [1.165, 1.54) is 12.1 Å². The molecule has 1 aliphatic heterocycles. The van der Waals surface area contributed by atoms with E-state index in [1.54, 1.807) is 19.2 Å². The number of hydrogen-bond donors (Lipinski definition) is 0. The second kappa shape index (κ2) is 7.81. The highest BCUT2D eigenvalue weighted by atomic mass is 19.4. The van der Waals surface area contributed by atoms with Crippen molar-refractivity contribution >= 4 is 5.57 Å². The molecule has 0 fully saturated rings. The topological polar surface area (TPSA) is 29.0 Å². The molecule has 1 aromatic heterocycles. The lowest BCUT2D eigenvalue weighted by Gasteiger charge is -2.17. The molecule has 0 radical (unpaired) electrons. The summed E-state index contributed by atoms with van der Waals surface area (Å²) in [5, 5.41) is 6.69. The number of nitrogens with zero attached hydrogens (tertiary/aromatic N) is 3. The molecule has 0 unspecified atom stereocenters. The number of halogens is 6. The van der Waals surface area contributed by atoms with Crippen LogP contribution < -0.4 is 0 Å². The first-order valence-electron chi connectivity index (χ1n) is 9.22. The summed E-state index contributed by atoms with van der Waals surface area (Å²) >= 11 is 0. The first-order valence-corrected chi connectivity index (χ1v) is 9.22. The van der Waals surface area contributed by atoms with Crippen molar-refractivity contribution in [2.45, 2.75) is 12.7 Å². The molecule has 31 heavy (non-hydrogen) atoms. The highest BCUT2D eigenvalue weighted by Gasteiger charge is 2.33. The normalized spacial score (nSPS) is 14.7. The van der Waals surface area contributed by atoms with Crippen LogP contribution in [-0.4, -0.2) is 28.7 Å². The summed E-state index contributed by atoms with van der Waals surface area (Å²) in [5.41, 5.74) is 0.457. The molecule has 0 saturated heterocycles. The van der Waals surface area contributed by atoms with Crippen molar-refractivity contribution in [3.63, 3.8) is 0 Å². The van der Waals surface area contributed by atoms with Crippen molar-refractivity contribution in [1.29, 1.82) is 0 Å². The molecule has 2 heterocycles. The van der Waals surface area contributed by atoms with Crippen LogP contribution in [0.1, 0.15) is 22.4 Å². The lowest BCUT2D eigenvalue weighted by atomic mass is 9.91. The van der Waals surface area contributed by atoms with Gasteiger partial charge in [0.05, 0.1) is 5.69 Å². The van der Waals surface area contributed by atoms with Crippen LogP contribution in [0.15, 0.2) is 48.5 Å². The van der Waals surface area contributed by atoms with Crippen LogP contribution in [0.5, 0.6) is 0 Å². The molecule has 0 N–H and O–H groups in total. The van der Waals surface area contributed by atoms with Gasteiger partial charge in [-0.3, -0.25) is 4.90 Å². The number of benzene rings is 2. The largest absolute Gasteiger partial charge is 0.435 e. The third kappa shape index (κ3) is 4.05. The Labute approximate surface area is 173 Å². The Bertz CT molecular complexity index is 1170.